The van der Waals surface area contributed by atoms with Crippen LogP contribution in [0.4, 0.5) is 18.9 Å². The number of anilines is 1. The number of halogens is 5. The van der Waals surface area contributed by atoms with Gasteiger partial charge in [0.1, 0.15) is 5.69 Å². The number of hydrogen-bond donors (Lipinski definition) is 2. The zero-order valence-electron chi connectivity index (χ0n) is 11.7. The van der Waals surface area contributed by atoms with Crippen molar-refractivity contribution >= 4 is 40.9 Å². The quantitative estimate of drug-likeness (QED) is 0.782. The summed E-state index contributed by atoms with van der Waals surface area (Å²) in [6, 6.07) is 5.32. The summed E-state index contributed by atoms with van der Waals surface area (Å²) in [5.41, 5.74) is -2.02. The molecule has 1 aromatic carbocycles. The van der Waals surface area contributed by atoms with Gasteiger partial charge < -0.3 is 10.3 Å². The van der Waals surface area contributed by atoms with Crippen LogP contribution in [-0.2, 0) is 11.0 Å². The van der Waals surface area contributed by atoms with E-state index in [4.69, 9.17) is 23.2 Å². The van der Waals surface area contributed by atoms with Crippen LogP contribution in [0.1, 0.15) is 11.1 Å². The number of rotatable bonds is 3. The van der Waals surface area contributed by atoms with Gasteiger partial charge in [0.05, 0.1) is 15.6 Å². The lowest BCUT2D eigenvalue weighted by atomic mass is 10.2. The Balaban J connectivity index is 2.20. The molecule has 1 amide bonds. The maximum absolute atomic E-state index is 12.6. The normalized spacial score (nSPS) is 11.7. The molecule has 9 heteroatoms. The highest BCUT2D eigenvalue weighted by Crippen LogP contribution is 2.29. The number of H-pyrrole nitrogens is 1. The van der Waals surface area contributed by atoms with Crippen molar-refractivity contribution in [1.82, 2.24) is 4.98 Å². The number of carbonyl (C=O) groups is 1. The van der Waals surface area contributed by atoms with Crippen LogP contribution in [0.2, 0.25) is 10.0 Å². The predicted octanol–water partition coefficient (Wildman–Crippen LogP) is 4.35. The van der Waals surface area contributed by atoms with Gasteiger partial charge in [-0.1, -0.05) is 35.3 Å². The van der Waals surface area contributed by atoms with Gasteiger partial charge in [-0.3, -0.25) is 9.59 Å². The van der Waals surface area contributed by atoms with Crippen LogP contribution in [0.25, 0.3) is 6.08 Å². The molecule has 0 atom stereocenters. The number of amides is 1. The van der Waals surface area contributed by atoms with Crippen LogP contribution in [-0.4, -0.2) is 10.9 Å². The summed E-state index contributed by atoms with van der Waals surface area (Å²) in [5, 5.41) is 2.59. The molecule has 0 aliphatic carbocycles. The van der Waals surface area contributed by atoms with Gasteiger partial charge in [-0.2, -0.15) is 13.2 Å². The number of benzene rings is 1. The Bertz CT molecular complexity index is 861. The Morgan fingerprint density at radius 1 is 1.25 bits per heavy atom. The fourth-order valence-electron chi connectivity index (χ4n) is 1.73. The third-order valence-corrected chi connectivity index (χ3v) is 3.72. The van der Waals surface area contributed by atoms with Crippen molar-refractivity contribution in [3.05, 3.63) is 68.1 Å². The van der Waals surface area contributed by atoms with E-state index in [1.165, 1.54) is 6.08 Å². The molecule has 1 heterocycles. The molecular formula is C15H9Cl2F3N2O2. The molecule has 1 aromatic heterocycles. The van der Waals surface area contributed by atoms with Crippen LogP contribution in [0.15, 0.2) is 41.3 Å². The van der Waals surface area contributed by atoms with E-state index in [-0.39, 0.29) is 10.0 Å². The van der Waals surface area contributed by atoms with Crippen molar-refractivity contribution < 1.29 is 18.0 Å². The fourth-order valence-corrected chi connectivity index (χ4v) is 2.10. The van der Waals surface area contributed by atoms with Gasteiger partial charge in [0.15, 0.2) is 0 Å². The first kappa shape index (κ1) is 18.1. The first-order valence-corrected chi connectivity index (χ1v) is 7.17. The zero-order chi connectivity index (χ0) is 17.9. The number of hydrogen-bond acceptors (Lipinski definition) is 2. The molecular weight excluding hydrogens is 368 g/mol. The van der Waals surface area contributed by atoms with E-state index in [0.29, 0.717) is 17.8 Å². The van der Waals surface area contributed by atoms with Crippen molar-refractivity contribution in [1.29, 1.82) is 0 Å². The Morgan fingerprint density at radius 3 is 2.62 bits per heavy atom. The summed E-state index contributed by atoms with van der Waals surface area (Å²) in [6.45, 7) is 0. The summed E-state index contributed by atoms with van der Waals surface area (Å²) in [4.78, 5) is 25.2. The minimum absolute atomic E-state index is 0.222. The Labute approximate surface area is 143 Å². The second-order valence-electron chi connectivity index (χ2n) is 4.59. The van der Waals surface area contributed by atoms with Crippen molar-refractivity contribution in [2.45, 2.75) is 6.18 Å². The third-order valence-electron chi connectivity index (χ3n) is 2.88. The summed E-state index contributed by atoms with van der Waals surface area (Å²) in [6.07, 6.45) is -1.77. The molecule has 4 nitrogen and oxygen atoms in total. The minimum Gasteiger partial charge on any atom is -0.327 e. The second-order valence-corrected chi connectivity index (χ2v) is 5.38. The van der Waals surface area contributed by atoms with Crippen molar-refractivity contribution in [3.8, 4) is 0 Å². The van der Waals surface area contributed by atoms with Crippen LogP contribution in [0.5, 0.6) is 0 Å². The van der Waals surface area contributed by atoms with Gasteiger partial charge in [-0.15, -0.1) is 0 Å². The van der Waals surface area contributed by atoms with Crippen LogP contribution in [0, 0.1) is 0 Å². The molecule has 126 valence electrons. The van der Waals surface area contributed by atoms with Crippen LogP contribution in [0.3, 0.4) is 0 Å². The van der Waals surface area contributed by atoms with Gasteiger partial charge in [0.2, 0.25) is 5.91 Å². The van der Waals surface area contributed by atoms with E-state index >= 15 is 0 Å². The molecule has 0 unspecified atom stereocenters. The highest BCUT2D eigenvalue weighted by molar-refractivity contribution is 6.42. The Kier molecular flexibility index (Phi) is 5.36. The molecule has 0 aliphatic rings. The molecule has 0 saturated carbocycles. The van der Waals surface area contributed by atoms with E-state index < -0.39 is 28.9 Å². The van der Waals surface area contributed by atoms with E-state index in [1.807, 2.05) is 4.98 Å². The van der Waals surface area contributed by atoms with Gasteiger partial charge in [0, 0.05) is 12.3 Å². The number of pyridine rings is 1. The SMILES string of the molecule is O=C(C=Cc1cccc(Cl)c1Cl)Nc1cc(C(F)(F)F)c[nH]c1=O. The lowest BCUT2D eigenvalue weighted by Crippen LogP contribution is -2.20. The molecule has 0 spiro atoms. The standard InChI is InChI=1S/C15H9Cl2F3N2O2/c16-10-3-1-2-8(13(10)17)4-5-12(23)22-11-6-9(15(18,19)20)7-21-14(11)24/h1-7H,(H,21,24)(H,22,23). The first-order valence-electron chi connectivity index (χ1n) is 6.41. The molecule has 24 heavy (non-hydrogen) atoms. The first-order chi connectivity index (χ1) is 11.2. The molecule has 0 bridgehead atoms. The summed E-state index contributed by atoms with van der Waals surface area (Å²) in [5.74, 6) is -0.795. The largest absolute Gasteiger partial charge is 0.417 e. The van der Waals surface area contributed by atoms with Crippen molar-refractivity contribution in [3.63, 3.8) is 0 Å². The second kappa shape index (κ2) is 7.11. The topological polar surface area (TPSA) is 62.0 Å². The van der Waals surface area contributed by atoms with E-state index in [1.54, 1.807) is 18.2 Å². The van der Waals surface area contributed by atoms with Gasteiger partial charge in [-0.25, -0.2) is 0 Å². The van der Waals surface area contributed by atoms with Crippen molar-refractivity contribution in [2.24, 2.45) is 0 Å². The molecule has 2 N–H and O–H groups in total. The number of aromatic amines is 1. The number of carbonyl (C=O) groups excluding carboxylic acids is 1. The lowest BCUT2D eigenvalue weighted by Gasteiger charge is -2.08. The average Bonchev–Trinajstić information content (AvgIpc) is 2.50. The highest BCUT2D eigenvalue weighted by atomic mass is 35.5. The minimum atomic E-state index is -4.65. The molecule has 0 aliphatic heterocycles. The van der Waals surface area contributed by atoms with Crippen molar-refractivity contribution in [2.75, 3.05) is 5.32 Å². The fraction of sp³-hybridized carbons (Fsp3) is 0.0667. The summed E-state index contributed by atoms with van der Waals surface area (Å²) in [7, 11) is 0. The molecule has 0 saturated heterocycles. The van der Waals surface area contributed by atoms with E-state index in [2.05, 4.69) is 5.32 Å². The lowest BCUT2D eigenvalue weighted by molar-refractivity contribution is -0.137. The monoisotopic (exact) mass is 376 g/mol. The highest BCUT2D eigenvalue weighted by Gasteiger charge is 2.31. The number of nitrogens with one attached hydrogen (secondary N) is 2. The summed E-state index contributed by atoms with van der Waals surface area (Å²) < 4.78 is 37.8. The molecule has 0 fully saturated rings. The van der Waals surface area contributed by atoms with Gasteiger partial charge >= 0.3 is 6.18 Å². The molecule has 2 rings (SSSR count). The Morgan fingerprint density at radius 2 is 1.96 bits per heavy atom. The predicted molar refractivity (Wildman–Crippen MR) is 86.2 cm³/mol. The van der Waals surface area contributed by atoms with Crippen LogP contribution >= 0.6 is 23.2 Å². The smallest absolute Gasteiger partial charge is 0.327 e. The maximum Gasteiger partial charge on any atom is 0.417 e. The zero-order valence-corrected chi connectivity index (χ0v) is 13.3. The third kappa shape index (κ3) is 4.39. The molecule has 2 aromatic rings. The van der Waals surface area contributed by atoms with Gasteiger partial charge in [-0.05, 0) is 23.8 Å². The van der Waals surface area contributed by atoms with Crippen LogP contribution < -0.4 is 10.9 Å². The van der Waals surface area contributed by atoms with E-state index in [0.717, 1.165) is 6.08 Å². The summed E-state index contributed by atoms with van der Waals surface area (Å²) >= 11 is 11.8. The number of alkyl halides is 3. The Hall–Kier alpha value is -2.25. The van der Waals surface area contributed by atoms with E-state index in [9.17, 15) is 22.8 Å². The van der Waals surface area contributed by atoms with Gasteiger partial charge in [0.25, 0.3) is 5.56 Å². The maximum atomic E-state index is 12.6. The average molecular weight is 377 g/mol. The molecule has 0 radical (unpaired) electrons. The number of aromatic nitrogens is 1.